The number of hydrogen-bond acceptors (Lipinski definition) is 7. The normalized spacial score (nSPS) is 20.3. The number of pyridine rings is 2. The summed E-state index contributed by atoms with van der Waals surface area (Å²) in [6.07, 6.45) is 0.997. The Morgan fingerprint density at radius 2 is 2.15 bits per heavy atom. The van der Waals surface area contributed by atoms with Crippen molar-refractivity contribution in [2.75, 3.05) is 11.9 Å². The Balaban J connectivity index is 1.79. The third kappa shape index (κ3) is 6.48. The lowest BCUT2D eigenvalue weighted by molar-refractivity contribution is -0.128. The van der Waals surface area contributed by atoms with Crippen LogP contribution in [0, 0.1) is 5.82 Å². The number of aliphatic imine (C=N–C) groups is 1. The molecule has 0 saturated heterocycles. The zero-order chi connectivity index (χ0) is 24.2. The largest absolute Gasteiger partial charge is 0.379 e. The van der Waals surface area contributed by atoms with E-state index in [1.165, 1.54) is 18.3 Å². The second kappa shape index (κ2) is 10.3. The standard InChI is InChI=1S/C20H18F5N5O2S/c1-20(7-12(9-32-18(24)25)33-19(26)30-20)14-6-11(2-3-27-14)29-17(31)16-13(21)4-10(8-28-16)5-15(22)23/h2-6,8,12,18H,7,9H2,1H3,(H2,26,30)(H,27,29,31)/t12-,20-/m0/s1. The maximum Gasteiger partial charge on any atom is 0.345 e. The van der Waals surface area contributed by atoms with E-state index in [9.17, 15) is 26.7 Å². The van der Waals surface area contributed by atoms with Gasteiger partial charge in [0, 0.05) is 35.0 Å². The molecule has 3 heterocycles. The van der Waals surface area contributed by atoms with Crippen molar-refractivity contribution in [1.29, 1.82) is 0 Å². The molecule has 2 aromatic heterocycles. The third-order valence-electron chi connectivity index (χ3n) is 4.60. The average Bonchev–Trinajstić information content (AvgIpc) is 2.71. The zero-order valence-electron chi connectivity index (χ0n) is 17.1. The third-order valence-corrected chi connectivity index (χ3v) is 5.57. The van der Waals surface area contributed by atoms with Crippen molar-refractivity contribution in [2.24, 2.45) is 10.7 Å². The Morgan fingerprint density at radius 3 is 2.82 bits per heavy atom. The molecule has 7 nitrogen and oxygen atoms in total. The summed E-state index contributed by atoms with van der Waals surface area (Å²) in [5, 5.41) is 2.24. The Labute approximate surface area is 189 Å². The summed E-state index contributed by atoms with van der Waals surface area (Å²) >= 11 is 1.11. The number of ether oxygens (including phenoxy) is 1. The first kappa shape index (κ1) is 24.6. The molecule has 2 atom stereocenters. The molecule has 0 aliphatic carbocycles. The number of nitrogens with zero attached hydrogens (tertiary/aromatic N) is 3. The highest BCUT2D eigenvalue weighted by Crippen LogP contribution is 2.39. The number of anilines is 1. The van der Waals surface area contributed by atoms with Crippen molar-refractivity contribution in [3.05, 3.63) is 59.4 Å². The summed E-state index contributed by atoms with van der Waals surface area (Å²) in [7, 11) is 0. The van der Waals surface area contributed by atoms with Crippen LogP contribution in [0.3, 0.4) is 0 Å². The zero-order valence-corrected chi connectivity index (χ0v) is 17.9. The van der Waals surface area contributed by atoms with Crippen LogP contribution in [0.5, 0.6) is 0 Å². The van der Waals surface area contributed by atoms with Crippen molar-refractivity contribution >= 4 is 34.6 Å². The lowest BCUT2D eigenvalue weighted by Gasteiger charge is -2.33. The molecule has 0 bridgehead atoms. The molecule has 0 fully saturated rings. The molecule has 0 radical (unpaired) electrons. The number of rotatable bonds is 7. The van der Waals surface area contributed by atoms with Gasteiger partial charge in [-0.1, -0.05) is 11.8 Å². The van der Waals surface area contributed by atoms with Gasteiger partial charge in [-0.15, -0.1) is 0 Å². The number of alkyl halides is 2. The molecule has 33 heavy (non-hydrogen) atoms. The molecule has 0 aromatic carbocycles. The van der Waals surface area contributed by atoms with Crippen molar-refractivity contribution in [1.82, 2.24) is 9.97 Å². The second-order valence-electron chi connectivity index (χ2n) is 7.18. The fraction of sp³-hybridized carbons (Fsp3) is 0.300. The predicted molar refractivity (Wildman–Crippen MR) is 114 cm³/mol. The molecule has 2 aromatic rings. The van der Waals surface area contributed by atoms with Gasteiger partial charge in [0.05, 0.1) is 12.3 Å². The van der Waals surface area contributed by atoms with E-state index < -0.39 is 40.9 Å². The minimum atomic E-state index is -2.91. The molecule has 3 rings (SSSR count). The summed E-state index contributed by atoms with van der Waals surface area (Å²) in [5.74, 6) is -1.98. The molecule has 176 valence electrons. The summed E-state index contributed by atoms with van der Waals surface area (Å²) in [4.78, 5) is 24.7. The van der Waals surface area contributed by atoms with Gasteiger partial charge in [-0.05, 0) is 31.5 Å². The van der Waals surface area contributed by atoms with E-state index in [2.05, 4.69) is 25.0 Å². The monoisotopic (exact) mass is 487 g/mol. The van der Waals surface area contributed by atoms with Crippen LogP contribution in [0.4, 0.5) is 27.6 Å². The molecule has 1 aliphatic heterocycles. The number of hydrogen-bond donors (Lipinski definition) is 2. The Bertz CT molecular complexity index is 1100. The van der Waals surface area contributed by atoms with Crippen molar-refractivity contribution in [3.63, 3.8) is 0 Å². The van der Waals surface area contributed by atoms with Gasteiger partial charge in [-0.3, -0.25) is 9.78 Å². The van der Waals surface area contributed by atoms with Gasteiger partial charge in [-0.25, -0.2) is 14.4 Å². The van der Waals surface area contributed by atoms with E-state index in [1.807, 2.05) is 0 Å². The highest BCUT2D eigenvalue weighted by Gasteiger charge is 2.36. The fourth-order valence-corrected chi connectivity index (χ4v) is 4.37. The number of halogens is 5. The molecule has 1 amide bonds. The first-order valence-corrected chi connectivity index (χ1v) is 10.3. The van der Waals surface area contributed by atoms with Crippen LogP contribution in [0.1, 0.15) is 35.1 Å². The maximum absolute atomic E-state index is 14.2. The van der Waals surface area contributed by atoms with Gasteiger partial charge in [0.25, 0.3) is 12.0 Å². The molecule has 3 N–H and O–H groups in total. The van der Waals surface area contributed by atoms with Gasteiger partial charge >= 0.3 is 6.61 Å². The van der Waals surface area contributed by atoms with Crippen LogP contribution >= 0.6 is 11.8 Å². The number of aromatic nitrogens is 2. The van der Waals surface area contributed by atoms with E-state index in [0.29, 0.717) is 11.8 Å². The van der Waals surface area contributed by atoms with Crippen LogP contribution in [0.25, 0.3) is 6.08 Å². The number of amidine groups is 1. The van der Waals surface area contributed by atoms with E-state index >= 15 is 0 Å². The Kier molecular flexibility index (Phi) is 7.64. The highest BCUT2D eigenvalue weighted by atomic mass is 32.2. The second-order valence-corrected chi connectivity index (χ2v) is 8.50. The number of thioether (sulfide) groups is 1. The summed E-state index contributed by atoms with van der Waals surface area (Å²) < 4.78 is 68.0. The van der Waals surface area contributed by atoms with E-state index in [4.69, 9.17) is 5.73 Å². The van der Waals surface area contributed by atoms with E-state index in [0.717, 1.165) is 24.0 Å². The number of nitrogens with two attached hydrogens (primary N) is 1. The van der Waals surface area contributed by atoms with Crippen LogP contribution < -0.4 is 11.1 Å². The smallest absolute Gasteiger partial charge is 0.345 e. The maximum atomic E-state index is 14.2. The molecular weight excluding hydrogens is 469 g/mol. The number of nitrogens with one attached hydrogen (secondary N) is 1. The van der Waals surface area contributed by atoms with Gasteiger partial charge < -0.3 is 15.8 Å². The van der Waals surface area contributed by atoms with Crippen molar-refractivity contribution < 1.29 is 31.5 Å². The Hall–Kier alpha value is -3.06. The lowest BCUT2D eigenvalue weighted by Crippen LogP contribution is -2.36. The van der Waals surface area contributed by atoms with Crippen LogP contribution in [0.2, 0.25) is 0 Å². The average molecular weight is 487 g/mol. The minimum absolute atomic E-state index is 0.174. The van der Waals surface area contributed by atoms with Gasteiger partial charge in [-0.2, -0.15) is 17.6 Å². The van der Waals surface area contributed by atoms with Crippen LogP contribution in [-0.2, 0) is 10.3 Å². The highest BCUT2D eigenvalue weighted by molar-refractivity contribution is 8.14. The summed E-state index contributed by atoms with van der Waals surface area (Å²) in [6, 6.07) is 3.70. The summed E-state index contributed by atoms with van der Waals surface area (Å²) in [6.45, 7) is -1.45. The summed E-state index contributed by atoms with van der Waals surface area (Å²) in [5.41, 5.74) is 4.72. The minimum Gasteiger partial charge on any atom is -0.379 e. The number of carbonyl (C=O) groups is 1. The molecule has 1 aliphatic rings. The molecular formula is C20H18F5N5O2S. The van der Waals surface area contributed by atoms with E-state index in [1.54, 1.807) is 6.92 Å². The predicted octanol–water partition coefficient (Wildman–Crippen LogP) is 4.38. The molecule has 13 heteroatoms. The number of amides is 1. The molecule has 0 saturated carbocycles. The SMILES string of the molecule is C[C@@]1(c2cc(NC(=O)c3ncc(C=C(F)F)cc3F)ccn2)C[C@@H](COC(F)F)SC(N)=N1. The van der Waals surface area contributed by atoms with Crippen molar-refractivity contribution in [3.8, 4) is 0 Å². The van der Waals surface area contributed by atoms with Gasteiger partial charge in [0.1, 0.15) is 5.54 Å². The van der Waals surface area contributed by atoms with Crippen LogP contribution in [0.15, 0.2) is 41.7 Å². The van der Waals surface area contributed by atoms with Crippen LogP contribution in [-0.4, -0.2) is 39.5 Å². The fourth-order valence-electron chi connectivity index (χ4n) is 3.22. The molecule has 0 unspecified atom stereocenters. The van der Waals surface area contributed by atoms with E-state index in [-0.39, 0.29) is 29.4 Å². The van der Waals surface area contributed by atoms with Gasteiger partial charge in [0.15, 0.2) is 16.7 Å². The first-order valence-electron chi connectivity index (χ1n) is 9.43. The van der Waals surface area contributed by atoms with Crippen molar-refractivity contribution in [2.45, 2.75) is 30.7 Å². The van der Waals surface area contributed by atoms with Gasteiger partial charge in [0.2, 0.25) is 0 Å². The first-order chi connectivity index (χ1) is 15.6. The number of carbonyl (C=O) groups excluding carboxylic acids is 1. The molecule has 0 spiro atoms. The quantitative estimate of drug-likeness (QED) is 0.562. The lowest BCUT2D eigenvalue weighted by atomic mass is 9.91. The topological polar surface area (TPSA) is 102 Å². The Morgan fingerprint density at radius 1 is 1.39 bits per heavy atom.